The fourth-order valence-electron chi connectivity index (χ4n) is 5.43. The number of pyridine rings is 2. The van der Waals surface area contributed by atoms with Crippen molar-refractivity contribution in [3.8, 4) is 17.0 Å². The van der Waals surface area contributed by atoms with Gasteiger partial charge in [0.05, 0.1) is 22.7 Å². The molecule has 6 rings (SSSR count). The molecule has 202 valence electrons. The summed E-state index contributed by atoms with van der Waals surface area (Å²) in [6.45, 7) is 3.34. The summed E-state index contributed by atoms with van der Waals surface area (Å²) in [5.41, 5.74) is 9.48. The molecule has 1 aromatic carbocycles. The maximum absolute atomic E-state index is 11.8. The fourth-order valence-corrected chi connectivity index (χ4v) is 6.01. The molecule has 2 fully saturated rings. The Morgan fingerprint density at radius 1 is 1.10 bits per heavy atom. The highest BCUT2D eigenvalue weighted by atomic mass is 35.5. The summed E-state index contributed by atoms with van der Waals surface area (Å²) in [5.74, 6) is 1.48. The average Bonchev–Trinajstić information content (AvgIpc) is 3.34. The maximum atomic E-state index is 11.8. The Labute approximate surface area is 235 Å². The van der Waals surface area contributed by atoms with Crippen LogP contribution in [0.4, 0.5) is 10.6 Å². The first kappa shape index (κ1) is 25.7. The van der Waals surface area contributed by atoms with Crippen molar-refractivity contribution in [3.63, 3.8) is 0 Å². The molecule has 12 heteroatoms. The van der Waals surface area contributed by atoms with Crippen molar-refractivity contribution in [1.82, 2.24) is 25.1 Å². The number of amides is 1. The molecule has 2 aliphatic heterocycles. The number of H-pyrrole nitrogens is 1. The summed E-state index contributed by atoms with van der Waals surface area (Å²) < 4.78 is 10.8. The summed E-state index contributed by atoms with van der Waals surface area (Å²) in [6.07, 6.45) is 5.64. The molecule has 0 unspecified atom stereocenters. The van der Waals surface area contributed by atoms with Crippen molar-refractivity contribution in [3.05, 3.63) is 64.5 Å². The Bertz CT molecular complexity index is 1490. The molecule has 3 aromatic heterocycles. The normalized spacial score (nSPS) is 17.2. The van der Waals surface area contributed by atoms with Crippen LogP contribution in [-0.2, 0) is 4.74 Å². The predicted octanol–water partition coefficient (Wildman–Crippen LogP) is 5.03. The molecule has 10 nitrogen and oxygen atoms in total. The van der Waals surface area contributed by atoms with Gasteiger partial charge in [-0.25, -0.2) is 9.78 Å². The number of rotatable bonds is 5. The molecule has 1 atom stereocenters. The number of carbonyl (C=O) groups is 1. The number of anilines is 1. The van der Waals surface area contributed by atoms with E-state index in [4.69, 9.17) is 43.4 Å². The molecule has 5 heterocycles. The molecule has 39 heavy (non-hydrogen) atoms. The summed E-state index contributed by atoms with van der Waals surface area (Å²) in [7, 11) is 1.43. The van der Waals surface area contributed by atoms with Gasteiger partial charge in [0.15, 0.2) is 6.23 Å². The van der Waals surface area contributed by atoms with E-state index in [9.17, 15) is 4.79 Å². The molecule has 0 saturated carbocycles. The number of hydrogen-bond acceptors (Lipinski definition) is 8. The van der Waals surface area contributed by atoms with Gasteiger partial charge < -0.3 is 19.3 Å². The molecule has 1 amide bonds. The van der Waals surface area contributed by atoms with E-state index in [2.05, 4.69) is 20.1 Å². The zero-order valence-corrected chi connectivity index (χ0v) is 22.7. The average molecular weight is 568 g/mol. The number of methoxy groups -OCH3 is 1. The Kier molecular flexibility index (Phi) is 6.70. The second kappa shape index (κ2) is 10.2. The van der Waals surface area contributed by atoms with Crippen LogP contribution in [0.15, 0.2) is 48.9 Å². The van der Waals surface area contributed by atoms with Gasteiger partial charge in [0, 0.05) is 66.7 Å². The quantitative estimate of drug-likeness (QED) is 0.322. The van der Waals surface area contributed by atoms with E-state index >= 15 is 0 Å². The molecule has 1 spiro atoms. The van der Waals surface area contributed by atoms with Crippen LogP contribution in [0.25, 0.3) is 22.2 Å². The topological polar surface area (TPSA) is 122 Å². The lowest BCUT2D eigenvalue weighted by Gasteiger charge is -2.54. The number of halogens is 2. The lowest BCUT2D eigenvalue weighted by atomic mass is 9.72. The molecule has 4 aromatic rings. The number of fused-ring (bicyclic) bond motifs is 1. The second-order valence-electron chi connectivity index (χ2n) is 10.1. The van der Waals surface area contributed by atoms with Crippen LogP contribution in [-0.4, -0.2) is 64.4 Å². The number of ether oxygens (including phenoxy) is 2. The minimum atomic E-state index is -0.866. The minimum absolute atomic E-state index is 0.241. The molecule has 0 aliphatic carbocycles. The first-order valence-electron chi connectivity index (χ1n) is 12.6. The van der Waals surface area contributed by atoms with Crippen LogP contribution in [0.3, 0.4) is 0 Å². The SMILES string of the molecule is COC(=O)N1CCC2(CC1)CN(c1ccc(-c3n[nH]c4ccc(O[C@H](N)c5c(Cl)cncc5Cl)cc34)cn1)C2. The molecular weight excluding hydrogens is 541 g/mol. The van der Waals surface area contributed by atoms with E-state index in [1.54, 1.807) is 4.90 Å². The fraction of sp³-hybridized carbons (Fsp3) is 0.333. The standard InChI is InChI=1S/C27H27Cl2N7O3/c1-38-26(37)35-8-6-27(7-9-35)14-36(15-27)22-5-2-16(11-32-22)24-18-10-17(3-4-21(18)33-34-24)39-25(30)23-19(28)12-31-13-20(23)29/h2-5,10-13,25H,6-9,14-15,30H2,1H3,(H,33,34)/t25-/m0/s1. The highest BCUT2D eigenvalue weighted by Crippen LogP contribution is 2.42. The zero-order chi connectivity index (χ0) is 27.1. The van der Waals surface area contributed by atoms with E-state index in [1.165, 1.54) is 19.5 Å². The highest BCUT2D eigenvalue weighted by Gasteiger charge is 2.46. The van der Waals surface area contributed by atoms with Gasteiger partial charge in [0.2, 0.25) is 0 Å². The van der Waals surface area contributed by atoms with Crippen molar-refractivity contribution >= 4 is 46.0 Å². The van der Waals surface area contributed by atoms with Gasteiger partial charge in [-0.2, -0.15) is 5.10 Å². The maximum Gasteiger partial charge on any atom is 0.409 e. The molecular formula is C27H27Cl2N7O3. The van der Waals surface area contributed by atoms with E-state index in [0.717, 1.165) is 67.0 Å². The van der Waals surface area contributed by atoms with E-state index in [1.807, 2.05) is 36.5 Å². The van der Waals surface area contributed by atoms with Crippen LogP contribution >= 0.6 is 23.2 Å². The van der Waals surface area contributed by atoms with Gasteiger partial charge >= 0.3 is 6.09 Å². The number of carbonyl (C=O) groups excluding carboxylic acids is 1. The first-order valence-corrected chi connectivity index (χ1v) is 13.3. The van der Waals surface area contributed by atoms with Gasteiger partial charge in [-0.15, -0.1) is 0 Å². The van der Waals surface area contributed by atoms with Gasteiger partial charge in [-0.05, 0) is 43.2 Å². The highest BCUT2D eigenvalue weighted by molar-refractivity contribution is 6.35. The Hall–Kier alpha value is -3.60. The Balaban J connectivity index is 1.14. The van der Waals surface area contributed by atoms with Crippen LogP contribution < -0.4 is 15.4 Å². The summed E-state index contributed by atoms with van der Waals surface area (Å²) in [5, 5.41) is 9.14. The molecule has 2 aliphatic rings. The molecule has 3 N–H and O–H groups in total. The summed E-state index contributed by atoms with van der Waals surface area (Å²) in [4.78, 5) is 24.5. The number of likely N-dealkylation sites (tertiary alicyclic amines) is 1. The largest absolute Gasteiger partial charge is 0.471 e. The van der Waals surface area contributed by atoms with Crippen LogP contribution in [0.5, 0.6) is 5.75 Å². The molecule has 2 saturated heterocycles. The summed E-state index contributed by atoms with van der Waals surface area (Å²) >= 11 is 12.5. The number of nitrogens with two attached hydrogens (primary N) is 1. The Morgan fingerprint density at radius 3 is 2.51 bits per heavy atom. The van der Waals surface area contributed by atoms with Crippen molar-refractivity contribution in [2.75, 3.05) is 38.2 Å². The van der Waals surface area contributed by atoms with Gasteiger partial charge in [0.1, 0.15) is 17.3 Å². The molecule has 0 bridgehead atoms. The number of nitrogens with one attached hydrogen (secondary N) is 1. The predicted molar refractivity (Wildman–Crippen MR) is 149 cm³/mol. The summed E-state index contributed by atoms with van der Waals surface area (Å²) in [6, 6.07) is 9.62. The number of piperidine rings is 1. The van der Waals surface area contributed by atoms with Crippen molar-refractivity contribution < 1.29 is 14.3 Å². The third-order valence-corrected chi connectivity index (χ3v) is 8.23. The second-order valence-corrected chi connectivity index (χ2v) is 10.9. The third kappa shape index (κ3) is 4.84. The van der Waals surface area contributed by atoms with Crippen molar-refractivity contribution in [1.29, 1.82) is 0 Å². The van der Waals surface area contributed by atoms with E-state index in [-0.39, 0.29) is 11.5 Å². The van der Waals surface area contributed by atoms with E-state index in [0.29, 0.717) is 21.4 Å². The van der Waals surface area contributed by atoms with Crippen LogP contribution in [0.1, 0.15) is 24.6 Å². The van der Waals surface area contributed by atoms with Gasteiger partial charge in [-0.3, -0.25) is 15.8 Å². The third-order valence-electron chi connectivity index (χ3n) is 7.63. The number of aromatic nitrogens is 4. The van der Waals surface area contributed by atoms with Crippen molar-refractivity contribution in [2.24, 2.45) is 11.1 Å². The lowest BCUT2D eigenvalue weighted by molar-refractivity contribution is 0.0621. The number of hydrogen-bond donors (Lipinski definition) is 2. The van der Waals surface area contributed by atoms with Gasteiger partial charge in [-0.1, -0.05) is 23.2 Å². The zero-order valence-electron chi connectivity index (χ0n) is 21.2. The smallest absolute Gasteiger partial charge is 0.409 e. The van der Waals surface area contributed by atoms with Crippen LogP contribution in [0.2, 0.25) is 10.0 Å². The number of nitrogens with zero attached hydrogens (tertiary/aromatic N) is 5. The minimum Gasteiger partial charge on any atom is -0.471 e. The van der Waals surface area contributed by atoms with Gasteiger partial charge in [0.25, 0.3) is 0 Å². The van der Waals surface area contributed by atoms with E-state index < -0.39 is 6.23 Å². The lowest BCUT2D eigenvalue weighted by Crippen LogP contribution is -2.61. The van der Waals surface area contributed by atoms with Crippen molar-refractivity contribution in [2.45, 2.75) is 19.1 Å². The first-order chi connectivity index (χ1) is 18.9. The number of benzene rings is 1. The Morgan fingerprint density at radius 2 is 1.85 bits per heavy atom. The number of aromatic amines is 1. The monoisotopic (exact) mass is 567 g/mol. The van der Waals surface area contributed by atoms with Crippen LogP contribution in [0, 0.1) is 5.41 Å². The molecule has 0 radical (unpaired) electrons.